The Hall–Kier alpha value is -0.910. The van der Waals surface area contributed by atoms with Gasteiger partial charge in [-0.1, -0.05) is 13.0 Å². The molecule has 0 saturated heterocycles. The molecule has 1 aromatic carbocycles. The minimum absolute atomic E-state index is 0.303. The zero-order chi connectivity index (χ0) is 15.7. The standard InChI is InChI=1S/C16H26N2O2S/c1-4-10-18(16(2,3)12-17)21(19,20)15-9-8-13-6-5-7-14(13)11-15/h8-9,11H,4-7,10,12,17H2,1-3H3. The first-order chi connectivity index (χ1) is 9.82. The molecule has 2 N–H and O–H groups in total. The lowest BCUT2D eigenvalue weighted by Gasteiger charge is -2.36. The lowest BCUT2D eigenvalue weighted by atomic mass is 10.1. The Kier molecular flexibility index (Phi) is 4.76. The van der Waals surface area contributed by atoms with Crippen molar-refractivity contribution in [3.05, 3.63) is 29.3 Å². The Balaban J connectivity index is 2.43. The smallest absolute Gasteiger partial charge is 0.243 e. The van der Waals surface area contributed by atoms with Crippen molar-refractivity contribution in [1.29, 1.82) is 0 Å². The number of benzene rings is 1. The van der Waals surface area contributed by atoms with Crippen molar-refractivity contribution in [2.24, 2.45) is 5.73 Å². The molecule has 1 aromatic rings. The van der Waals surface area contributed by atoms with Crippen molar-refractivity contribution in [1.82, 2.24) is 4.31 Å². The molecule has 21 heavy (non-hydrogen) atoms. The first-order valence-corrected chi connectivity index (χ1v) is 9.11. The van der Waals surface area contributed by atoms with Gasteiger partial charge in [0.2, 0.25) is 10.0 Å². The maximum atomic E-state index is 13.0. The van der Waals surface area contributed by atoms with Crippen molar-refractivity contribution in [3.63, 3.8) is 0 Å². The van der Waals surface area contributed by atoms with Crippen LogP contribution >= 0.6 is 0 Å². The summed E-state index contributed by atoms with van der Waals surface area (Å²) in [5.74, 6) is 0. The van der Waals surface area contributed by atoms with Crippen LogP contribution in [0, 0.1) is 0 Å². The molecular formula is C16H26N2O2S. The lowest BCUT2D eigenvalue weighted by Crippen LogP contribution is -2.52. The largest absolute Gasteiger partial charge is 0.329 e. The number of sulfonamides is 1. The van der Waals surface area contributed by atoms with Crippen molar-refractivity contribution in [3.8, 4) is 0 Å². The van der Waals surface area contributed by atoms with Gasteiger partial charge in [-0.3, -0.25) is 0 Å². The zero-order valence-electron chi connectivity index (χ0n) is 13.2. The molecule has 5 heteroatoms. The average molecular weight is 310 g/mol. The molecule has 0 heterocycles. The first-order valence-electron chi connectivity index (χ1n) is 7.67. The van der Waals surface area contributed by atoms with Crippen molar-refractivity contribution >= 4 is 10.0 Å². The Morgan fingerprint density at radius 3 is 2.52 bits per heavy atom. The van der Waals surface area contributed by atoms with E-state index < -0.39 is 15.6 Å². The monoisotopic (exact) mass is 310 g/mol. The van der Waals surface area contributed by atoms with E-state index in [0.29, 0.717) is 18.0 Å². The molecule has 0 bridgehead atoms. The number of hydrogen-bond acceptors (Lipinski definition) is 3. The fraction of sp³-hybridized carbons (Fsp3) is 0.625. The number of hydrogen-bond donors (Lipinski definition) is 1. The van der Waals surface area contributed by atoms with E-state index in [-0.39, 0.29) is 0 Å². The predicted octanol–water partition coefficient (Wildman–Crippen LogP) is 2.31. The molecule has 1 aliphatic rings. The van der Waals surface area contributed by atoms with Gasteiger partial charge >= 0.3 is 0 Å². The summed E-state index contributed by atoms with van der Waals surface area (Å²) >= 11 is 0. The van der Waals surface area contributed by atoms with Crippen LogP contribution in [0.5, 0.6) is 0 Å². The van der Waals surface area contributed by atoms with Gasteiger partial charge in [-0.25, -0.2) is 8.42 Å². The quantitative estimate of drug-likeness (QED) is 0.877. The lowest BCUT2D eigenvalue weighted by molar-refractivity contribution is 0.235. The summed E-state index contributed by atoms with van der Waals surface area (Å²) in [6.45, 7) is 6.54. The Morgan fingerprint density at radius 2 is 1.90 bits per heavy atom. The second kappa shape index (κ2) is 6.07. The maximum Gasteiger partial charge on any atom is 0.243 e. The van der Waals surface area contributed by atoms with Crippen LogP contribution in [0.15, 0.2) is 23.1 Å². The van der Waals surface area contributed by atoms with Crippen molar-refractivity contribution in [2.75, 3.05) is 13.1 Å². The minimum Gasteiger partial charge on any atom is -0.329 e. The van der Waals surface area contributed by atoms with Crippen LogP contribution in [0.3, 0.4) is 0 Å². The molecule has 0 spiro atoms. The zero-order valence-corrected chi connectivity index (χ0v) is 14.0. The van der Waals surface area contributed by atoms with E-state index in [1.165, 1.54) is 11.1 Å². The molecule has 0 saturated carbocycles. The van der Waals surface area contributed by atoms with Gasteiger partial charge in [0.25, 0.3) is 0 Å². The molecule has 4 nitrogen and oxygen atoms in total. The van der Waals surface area contributed by atoms with E-state index >= 15 is 0 Å². The highest BCUT2D eigenvalue weighted by atomic mass is 32.2. The molecule has 0 atom stereocenters. The van der Waals surface area contributed by atoms with Crippen LogP contribution in [0.25, 0.3) is 0 Å². The average Bonchev–Trinajstić information content (AvgIpc) is 2.91. The second-order valence-electron chi connectivity index (χ2n) is 6.38. The third kappa shape index (κ3) is 3.15. The number of aryl methyl sites for hydroxylation is 2. The first kappa shape index (κ1) is 16.5. The maximum absolute atomic E-state index is 13.0. The van der Waals surface area contributed by atoms with Crippen LogP contribution < -0.4 is 5.73 Å². The Labute approximate surface area is 128 Å². The van der Waals surface area contributed by atoms with Crippen molar-refractivity contribution in [2.45, 2.75) is 56.9 Å². The summed E-state index contributed by atoms with van der Waals surface area (Å²) < 4.78 is 27.5. The third-order valence-corrected chi connectivity index (χ3v) is 6.37. The second-order valence-corrected chi connectivity index (χ2v) is 8.24. The van der Waals surface area contributed by atoms with Crippen LogP contribution in [-0.2, 0) is 22.9 Å². The highest BCUT2D eigenvalue weighted by molar-refractivity contribution is 7.89. The van der Waals surface area contributed by atoms with Gasteiger partial charge in [-0.2, -0.15) is 4.31 Å². The molecule has 0 radical (unpaired) electrons. The fourth-order valence-electron chi connectivity index (χ4n) is 2.89. The molecule has 0 unspecified atom stereocenters. The van der Waals surface area contributed by atoms with Gasteiger partial charge < -0.3 is 5.73 Å². The van der Waals surface area contributed by atoms with E-state index in [0.717, 1.165) is 25.7 Å². The van der Waals surface area contributed by atoms with Crippen LogP contribution in [0.1, 0.15) is 44.7 Å². The van der Waals surface area contributed by atoms with Gasteiger partial charge in [-0.05, 0) is 62.8 Å². The SMILES string of the molecule is CCCN(C(C)(C)CN)S(=O)(=O)c1ccc2c(c1)CCC2. The molecule has 0 aromatic heterocycles. The summed E-state index contributed by atoms with van der Waals surface area (Å²) in [6, 6.07) is 5.57. The summed E-state index contributed by atoms with van der Waals surface area (Å²) in [5.41, 5.74) is 7.69. The normalized spacial score (nSPS) is 15.5. The summed E-state index contributed by atoms with van der Waals surface area (Å²) in [4.78, 5) is 0.401. The van der Waals surface area contributed by atoms with E-state index in [1.807, 2.05) is 32.9 Å². The summed E-state index contributed by atoms with van der Waals surface area (Å²) in [7, 11) is -3.50. The molecule has 0 amide bonds. The molecule has 2 rings (SSSR count). The summed E-state index contributed by atoms with van der Waals surface area (Å²) in [6.07, 6.45) is 3.93. The Bertz CT molecular complexity index is 609. The Morgan fingerprint density at radius 1 is 1.24 bits per heavy atom. The minimum atomic E-state index is -3.50. The highest BCUT2D eigenvalue weighted by Crippen LogP contribution is 2.29. The third-order valence-electron chi connectivity index (χ3n) is 4.26. The van der Waals surface area contributed by atoms with Gasteiger partial charge in [0.15, 0.2) is 0 Å². The van der Waals surface area contributed by atoms with Crippen molar-refractivity contribution < 1.29 is 8.42 Å². The summed E-state index contributed by atoms with van der Waals surface area (Å²) in [5, 5.41) is 0. The molecule has 0 fully saturated rings. The topological polar surface area (TPSA) is 63.4 Å². The molecule has 1 aliphatic carbocycles. The van der Waals surface area contributed by atoms with E-state index in [4.69, 9.17) is 5.73 Å². The van der Waals surface area contributed by atoms with E-state index in [1.54, 1.807) is 10.4 Å². The molecule has 0 aliphatic heterocycles. The highest BCUT2D eigenvalue weighted by Gasteiger charge is 2.36. The van der Waals surface area contributed by atoms with Crippen LogP contribution in [0.2, 0.25) is 0 Å². The van der Waals surface area contributed by atoms with Gasteiger partial charge in [0.1, 0.15) is 0 Å². The fourth-order valence-corrected chi connectivity index (χ4v) is 4.82. The predicted molar refractivity (Wildman–Crippen MR) is 85.8 cm³/mol. The number of nitrogens with zero attached hydrogens (tertiary/aromatic N) is 1. The van der Waals surface area contributed by atoms with Gasteiger partial charge in [0, 0.05) is 18.6 Å². The van der Waals surface area contributed by atoms with E-state index in [9.17, 15) is 8.42 Å². The van der Waals surface area contributed by atoms with Gasteiger partial charge in [-0.15, -0.1) is 0 Å². The number of fused-ring (bicyclic) bond motifs is 1. The van der Waals surface area contributed by atoms with E-state index in [2.05, 4.69) is 0 Å². The molecular weight excluding hydrogens is 284 g/mol. The van der Waals surface area contributed by atoms with Gasteiger partial charge in [0.05, 0.1) is 4.90 Å². The van der Waals surface area contributed by atoms with Crippen LogP contribution in [0.4, 0.5) is 0 Å². The number of rotatable bonds is 6. The van der Waals surface area contributed by atoms with Crippen LogP contribution in [-0.4, -0.2) is 31.4 Å². The number of nitrogens with two attached hydrogens (primary N) is 1. The molecule has 118 valence electrons.